The summed E-state index contributed by atoms with van der Waals surface area (Å²) in [4.78, 5) is 23.6. The van der Waals surface area contributed by atoms with E-state index in [4.69, 9.17) is 0 Å². The summed E-state index contributed by atoms with van der Waals surface area (Å²) in [6.07, 6.45) is 0.933. The highest BCUT2D eigenvalue weighted by atomic mass is 16.2. The fourth-order valence-electron chi connectivity index (χ4n) is 2.12. The Morgan fingerprint density at radius 1 is 1.42 bits per heavy atom. The zero-order valence-corrected chi connectivity index (χ0v) is 11.2. The summed E-state index contributed by atoms with van der Waals surface area (Å²) in [5.41, 5.74) is 2.84. The van der Waals surface area contributed by atoms with Crippen molar-refractivity contribution in [3.63, 3.8) is 0 Å². The summed E-state index contributed by atoms with van der Waals surface area (Å²) in [6, 6.07) is 5.04. The molecule has 3 N–H and O–H groups in total. The molecule has 0 fully saturated rings. The van der Waals surface area contributed by atoms with E-state index in [0.29, 0.717) is 12.1 Å². The molecule has 0 saturated heterocycles. The van der Waals surface area contributed by atoms with Crippen molar-refractivity contribution in [2.45, 2.75) is 26.3 Å². The van der Waals surface area contributed by atoms with E-state index in [0.717, 1.165) is 24.2 Å². The molecule has 0 saturated carbocycles. The first-order valence-corrected chi connectivity index (χ1v) is 6.57. The topological polar surface area (TPSA) is 70.2 Å². The number of hydrogen-bond acceptors (Lipinski definition) is 3. The number of amides is 2. The molecule has 5 nitrogen and oxygen atoms in total. The molecule has 0 bridgehead atoms. The lowest BCUT2D eigenvalue weighted by Gasteiger charge is -2.13. The molecule has 0 radical (unpaired) electrons. The van der Waals surface area contributed by atoms with Gasteiger partial charge in [0.2, 0.25) is 5.91 Å². The van der Waals surface area contributed by atoms with Crippen LogP contribution < -0.4 is 16.0 Å². The van der Waals surface area contributed by atoms with E-state index in [1.165, 1.54) is 0 Å². The number of carbonyl (C=O) groups excluding carboxylic acids is 2. The van der Waals surface area contributed by atoms with Gasteiger partial charge >= 0.3 is 0 Å². The highest BCUT2D eigenvalue weighted by Crippen LogP contribution is 2.22. The highest BCUT2D eigenvalue weighted by molar-refractivity contribution is 5.98. The number of hydrogen-bond donors (Lipinski definition) is 3. The van der Waals surface area contributed by atoms with E-state index < -0.39 is 6.04 Å². The molecule has 5 heteroatoms. The second kappa shape index (κ2) is 5.73. The fourth-order valence-corrected chi connectivity index (χ4v) is 2.12. The lowest BCUT2D eigenvalue weighted by molar-refractivity contribution is -0.122. The standard InChI is InChI=1S/C14H19N3O2/c1-3-15-13(18)9(2)17-14(19)11-4-5-12-10(8-11)6-7-16-12/h4-5,8-9,16H,3,6-7H2,1-2H3,(H,15,18)(H,17,19). The second-order valence-electron chi connectivity index (χ2n) is 4.64. The van der Waals surface area contributed by atoms with Crippen LogP contribution in [0.2, 0.25) is 0 Å². The third-order valence-electron chi connectivity index (χ3n) is 3.17. The van der Waals surface area contributed by atoms with Gasteiger partial charge in [0.1, 0.15) is 6.04 Å². The zero-order valence-electron chi connectivity index (χ0n) is 11.2. The van der Waals surface area contributed by atoms with Crippen molar-refractivity contribution in [3.8, 4) is 0 Å². The number of anilines is 1. The molecule has 2 amide bonds. The number of carbonyl (C=O) groups is 2. The number of fused-ring (bicyclic) bond motifs is 1. The maximum atomic E-state index is 12.1. The quantitative estimate of drug-likeness (QED) is 0.754. The third kappa shape index (κ3) is 3.05. The SMILES string of the molecule is CCNC(=O)C(C)NC(=O)c1ccc2c(c1)CCN2. The van der Waals surface area contributed by atoms with E-state index in [1.54, 1.807) is 13.0 Å². The predicted octanol–water partition coefficient (Wildman–Crippen LogP) is 0.909. The smallest absolute Gasteiger partial charge is 0.251 e. The van der Waals surface area contributed by atoms with Crippen molar-refractivity contribution in [1.29, 1.82) is 0 Å². The van der Waals surface area contributed by atoms with Crippen molar-refractivity contribution in [2.75, 3.05) is 18.4 Å². The first-order valence-electron chi connectivity index (χ1n) is 6.57. The molecule has 1 aromatic rings. The van der Waals surface area contributed by atoms with Gasteiger partial charge in [-0.15, -0.1) is 0 Å². The third-order valence-corrected chi connectivity index (χ3v) is 3.17. The van der Waals surface area contributed by atoms with Gasteiger partial charge in [-0.25, -0.2) is 0 Å². The van der Waals surface area contributed by atoms with Crippen LogP contribution in [0, 0.1) is 0 Å². The van der Waals surface area contributed by atoms with Gasteiger partial charge in [-0.1, -0.05) is 0 Å². The van der Waals surface area contributed by atoms with Crippen LogP contribution in [0.3, 0.4) is 0 Å². The summed E-state index contributed by atoms with van der Waals surface area (Å²) in [6.45, 7) is 5.00. The summed E-state index contributed by atoms with van der Waals surface area (Å²) in [5.74, 6) is -0.382. The molecule has 1 unspecified atom stereocenters. The Morgan fingerprint density at radius 2 is 2.21 bits per heavy atom. The van der Waals surface area contributed by atoms with E-state index in [1.807, 2.05) is 19.1 Å². The van der Waals surface area contributed by atoms with E-state index >= 15 is 0 Å². The minimum Gasteiger partial charge on any atom is -0.384 e. The van der Waals surface area contributed by atoms with Gasteiger partial charge in [0.05, 0.1) is 0 Å². The van der Waals surface area contributed by atoms with Crippen molar-refractivity contribution >= 4 is 17.5 Å². The number of likely N-dealkylation sites (N-methyl/N-ethyl adjacent to an activating group) is 1. The van der Waals surface area contributed by atoms with Crippen LogP contribution in [0.1, 0.15) is 29.8 Å². The van der Waals surface area contributed by atoms with Crippen LogP contribution in [0.5, 0.6) is 0 Å². The summed E-state index contributed by atoms with van der Waals surface area (Å²) >= 11 is 0. The molecule has 1 atom stereocenters. The molecule has 2 rings (SSSR count). The van der Waals surface area contributed by atoms with E-state index in [2.05, 4.69) is 16.0 Å². The van der Waals surface area contributed by atoms with Crippen LogP contribution in [-0.2, 0) is 11.2 Å². The van der Waals surface area contributed by atoms with Crippen molar-refractivity contribution in [3.05, 3.63) is 29.3 Å². The molecule has 1 heterocycles. The molecule has 19 heavy (non-hydrogen) atoms. The maximum Gasteiger partial charge on any atom is 0.251 e. The van der Waals surface area contributed by atoms with Gasteiger partial charge in [-0.2, -0.15) is 0 Å². The van der Waals surface area contributed by atoms with E-state index in [9.17, 15) is 9.59 Å². The predicted molar refractivity (Wildman–Crippen MR) is 74.2 cm³/mol. The molecule has 0 aromatic heterocycles. The maximum absolute atomic E-state index is 12.1. The molecule has 1 aromatic carbocycles. The first-order chi connectivity index (χ1) is 9.11. The summed E-state index contributed by atoms with van der Waals surface area (Å²) in [7, 11) is 0. The molecular formula is C14H19N3O2. The van der Waals surface area contributed by atoms with Gasteiger partial charge in [0.15, 0.2) is 0 Å². The van der Waals surface area contributed by atoms with Crippen molar-refractivity contribution < 1.29 is 9.59 Å². The Labute approximate surface area is 112 Å². The van der Waals surface area contributed by atoms with Crippen LogP contribution >= 0.6 is 0 Å². The van der Waals surface area contributed by atoms with Crippen LogP contribution in [0.15, 0.2) is 18.2 Å². The zero-order chi connectivity index (χ0) is 13.8. The molecule has 1 aliphatic heterocycles. The number of nitrogens with one attached hydrogen (secondary N) is 3. The Bertz CT molecular complexity index is 499. The minimum absolute atomic E-state index is 0.168. The minimum atomic E-state index is -0.529. The first kappa shape index (κ1) is 13.4. The lowest BCUT2D eigenvalue weighted by atomic mass is 10.1. The summed E-state index contributed by atoms with van der Waals surface area (Å²) in [5, 5.41) is 8.63. The Kier molecular flexibility index (Phi) is 4.04. The molecule has 1 aliphatic rings. The van der Waals surface area contributed by atoms with Crippen LogP contribution in [0.25, 0.3) is 0 Å². The fraction of sp³-hybridized carbons (Fsp3) is 0.429. The molecule has 102 valence electrons. The van der Waals surface area contributed by atoms with Crippen molar-refractivity contribution in [2.24, 2.45) is 0 Å². The van der Waals surface area contributed by atoms with Gasteiger partial charge in [-0.3, -0.25) is 9.59 Å². The van der Waals surface area contributed by atoms with Gasteiger partial charge in [0, 0.05) is 24.3 Å². The molecule has 0 spiro atoms. The Morgan fingerprint density at radius 3 is 2.95 bits per heavy atom. The van der Waals surface area contributed by atoms with Crippen molar-refractivity contribution in [1.82, 2.24) is 10.6 Å². The normalized spacial score (nSPS) is 14.2. The second-order valence-corrected chi connectivity index (χ2v) is 4.64. The average molecular weight is 261 g/mol. The largest absolute Gasteiger partial charge is 0.384 e. The van der Waals surface area contributed by atoms with Crippen LogP contribution in [0.4, 0.5) is 5.69 Å². The molecular weight excluding hydrogens is 242 g/mol. The van der Waals surface area contributed by atoms with Crippen LogP contribution in [-0.4, -0.2) is 30.9 Å². The Balaban J connectivity index is 2.02. The highest BCUT2D eigenvalue weighted by Gasteiger charge is 2.17. The molecule has 0 aliphatic carbocycles. The lowest BCUT2D eigenvalue weighted by Crippen LogP contribution is -2.44. The number of benzene rings is 1. The van der Waals surface area contributed by atoms with E-state index in [-0.39, 0.29) is 11.8 Å². The monoisotopic (exact) mass is 261 g/mol. The van der Waals surface area contributed by atoms with Gasteiger partial charge < -0.3 is 16.0 Å². The Hall–Kier alpha value is -2.04. The summed E-state index contributed by atoms with van der Waals surface area (Å²) < 4.78 is 0. The van der Waals surface area contributed by atoms with Gasteiger partial charge in [0.25, 0.3) is 5.91 Å². The van der Waals surface area contributed by atoms with Gasteiger partial charge in [-0.05, 0) is 44.0 Å². The number of rotatable bonds is 4. The average Bonchev–Trinajstić information content (AvgIpc) is 2.85.